The first-order valence-electron chi connectivity index (χ1n) is 11.0. The maximum Gasteiger partial charge on any atom is 0.304 e. The van der Waals surface area contributed by atoms with Gasteiger partial charge < -0.3 is 5.32 Å². The van der Waals surface area contributed by atoms with Crippen molar-refractivity contribution < 1.29 is 14.3 Å². The summed E-state index contributed by atoms with van der Waals surface area (Å²) < 4.78 is 1.76. The molecule has 3 aromatic carbocycles. The van der Waals surface area contributed by atoms with E-state index in [4.69, 9.17) is 11.6 Å². The zero-order chi connectivity index (χ0) is 23.5. The van der Waals surface area contributed by atoms with Crippen molar-refractivity contribution in [2.45, 2.75) is 38.8 Å². The van der Waals surface area contributed by atoms with Gasteiger partial charge in [-0.25, -0.2) is 0 Å². The number of rotatable bonds is 5. The number of hydrazine groups is 1. The fourth-order valence-electron chi connectivity index (χ4n) is 3.90. The molecule has 1 saturated heterocycles. The number of hydrazone groups is 1. The normalized spacial score (nSPS) is 19.1. The van der Waals surface area contributed by atoms with E-state index in [-0.39, 0.29) is 11.8 Å². The van der Waals surface area contributed by atoms with Crippen LogP contribution in [0.25, 0.3) is 0 Å². The average Bonchev–Trinajstić information content (AvgIpc) is 3.09. The Hall–Kier alpha value is -3.44. The summed E-state index contributed by atoms with van der Waals surface area (Å²) in [6.45, 7) is 6.26. The zero-order valence-electron chi connectivity index (χ0n) is 18.9. The third-order valence-electron chi connectivity index (χ3n) is 5.84. The Balaban J connectivity index is 1.68. The van der Waals surface area contributed by atoms with Crippen LogP contribution in [0.2, 0.25) is 5.02 Å². The number of amides is 2. The molecule has 1 aliphatic heterocycles. The summed E-state index contributed by atoms with van der Waals surface area (Å²) in [7, 11) is 0. The number of benzene rings is 3. The Kier molecular flexibility index (Phi) is 6.61. The van der Waals surface area contributed by atoms with E-state index >= 15 is 0 Å². The summed E-state index contributed by atoms with van der Waals surface area (Å²) in [6, 6.07) is 21.6. The monoisotopic (exact) mass is 460 g/mol. The molecule has 33 heavy (non-hydrogen) atoms. The van der Waals surface area contributed by atoms with Crippen molar-refractivity contribution in [3.05, 3.63) is 106 Å². The highest BCUT2D eigenvalue weighted by Crippen LogP contribution is 2.27. The Morgan fingerprint density at radius 3 is 2.24 bits per heavy atom. The number of carbonyl (C=O) groups excluding carboxylic acids is 2. The van der Waals surface area contributed by atoms with Gasteiger partial charge in [-0.3, -0.25) is 9.59 Å². The number of nitrogens with one attached hydrogen (secondary N) is 2. The molecule has 6 heteroatoms. The van der Waals surface area contributed by atoms with Crippen LogP contribution in [0.4, 0.5) is 0 Å². The lowest BCUT2D eigenvalue weighted by Gasteiger charge is -2.15. The molecule has 1 aliphatic rings. The van der Waals surface area contributed by atoms with Crippen LogP contribution in [-0.4, -0.2) is 28.8 Å². The van der Waals surface area contributed by atoms with E-state index < -0.39 is 12.1 Å². The van der Waals surface area contributed by atoms with Gasteiger partial charge in [-0.15, -0.1) is 10.1 Å². The fourth-order valence-corrected chi connectivity index (χ4v) is 4.02. The molecular weight excluding hydrogens is 434 g/mol. The highest BCUT2D eigenvalue weighted by atomic mass is 35.5. The molecule has 168 valence electrons. The third-order valence-corrected chi connectivity index (χ3v) is 6.09. The molecular formula is C27H27ClN3O2+. The van der Waals surface area contributed by atoms with Gasteiger partial charge in [0.25, 0.3) is 5.91 Å². The number of nitrogens with zero attached hydrogens (tertiary/aromatic N) is 1. The van der Waals surface area contributed by atoms with Crippen molar-refractivity contribution in [2.24, 2.45) is 0 Å². The van der Waals surface area contributed by atoms with Crippen LogP contribution >= 0.6 is 11.6 Å². The molecule has 0 unspecified atom stereocenters. The highest BCUT2D eigenvalue weighted by molar-refractivity contribution is 6.30. The Labute approximate surface area is 199 Å². The minimum absolute atomic E-state index is 0.273. The molecule has 3 aromatic rings. The number of hydrogen-bond donors (Lipinski definition) is 2. The van der Waals surface area contributed by atoms with Gasteiger partial charge >= 0.3 is 5.91 Å². The van der Waals surface area contributed by atoms with E-state index in [1.165, 1.54) is 5.56 Å². The van der Waals surface area contributed by atoms with E-state index in [2.05, 4.69) is 36.7 Å². The molecule has 1 heterocycles. The van der Waals surface area contributed by atoms with Crippen LogP contribution in [0.15, 0.2) is 72.8 Å². The summed E-state index contributed by atoms with van der Waals surface area (Å²) >= 11 is 6.09. The lowest BCUT2D eigenvalue weighted by atomic mass is 9.99. The van der Waals surface area contributed by atoms with E-state index in [0.29, 0.717) is 16.5 Å². The third kappa shape index (κ3) is 5.15. The predicted molar refractivity (Wildman–Crippen MR) is 131 cm³/mol. The molecule has 4 rings (SSSR count). The maximum atomic E-state index is 13.0. The first-order valence-corrected chi connectivity index (χ1v) is 11.4. The number of hydrogen-bond acceptors (Lipinski definition) is 2. The van der Waals surface area contributed by atoms with Crippen molar-refractivity contribution >= 4 is 29.6 Å². The largest absolute Gasteiger partial charge is 0.334 e. The fraction of sp³-hybridized carbons (Fsp3) is 0.222. The molecule has 2 N–H and O–H groups in total. The standard InChI is InChI=1S/C27H26ClN3O2/c1-17(2)20-10-6-19(7-11-20)16-31-25(21-12-14-23(28)15-13-21)24(27(33)30-31)29-26(32)22-8-4-18(3)5-9-22/h4-17,24-25H,1-3H3,(H-,29,30,32,33)/p+1/b31-16-/t24-,25+/m1/s1. The minimum Gasteiger partial charge on any atom is -0.334 e. The van der Waals surface area contributed by atoms with Crippen LogP contribution in [-0.2, 0) is 4.79 Å². The molecule has 1 fully saturated rings. The summed E-state index contributed by atoms with van der Waals surface area (Å²) in [5.41, 5.74) is 7.54. The second kappa shape index (κ2) is 9.59. The number of aryl methyl sites for hydroxylation is 1. The molecule has 0 aliphatic carbocycles. The van der Waals surface area contributed by atoms with E-state index in [1.807, 2.05) is 49.5 Å². The van der Waals surface area contributed by atoms with Crippen molar-refractivity contribution in [3.63, 3.8) is 0 Å². The van der Waals surface area contributed by atoms with Crippen molar-refractivity contribution in [2.75, 3.05) is 0 Å². The van der Waals surface area contributed by atoms with E-state index in [9.17, 15) is 9.59 Å². The summed E-state index contributed by atoms with van der Waals surface area (Å²) in [4.78, 5) is 25.9. The first-order chi connectivity index (χ1) is 15.8. The predicted octanol–water partition coefficient (Wildman–Crippen LogP) is 4.79. The summed E-state index contributed by atoms with van der Waals surface area (Å²) in [5.74, 6) is -0.128. The van der Waals surface area contributed by atoms with Gasteiger partial charge in [0.15, 0.2) is 6.04 Å². The SMILES string of the molecule is Cc1ccc(C(=O)N[C@H]2C(=O)N/[N+](=C\c3ccc(C(C)C)cc3)[C@H]2c2ccc(Cl)cc2)cc1. The van der Waals surface area contributed by atoms with Gasteiger partial charge in [0, 0.05) is 21.7 Å². The Morgan fingerprint density at radius 1 is 1.00 bits per heavy atom. The molecule has 5 nitrogen and oxygen atoms in total. The van der Waals surface area contributed by atoms with Crippen LogP contribution in [0.1, 0.15) is 58.4 Å². The molecule has 2 atom stereocenters. The molecule has 0 aromatic heterocycles. The Bertz CT molecular complexity index is 1180. The Morgan fingerprint density at radius 2 is 1.64 bits per heavy atom. The molecule has 2 amide bonds. The first kappa shape index (κ1) is 22.7. The van der Waals surface area contributed by atoms with Gasteiger partial charge in [0.2, 0.25) is 12.3 Å². The van der Waals surface area contributed by atoms with Crippen LogP contribution in [0.5, 0.6) is 0 Å². The zero-order valence-corrected chi connectivity index (χ0v) is 19.6. The quantitative estimate of drug-likeness (QED) is 0.538. The maximum absolute atomic E-state index is 13.0. The lowest BCUT2D eigenvalue weighted by Crippen LogP contribution is -2.42. The smallest absolute Gasteiger partial charge is 0.304 e. The van der Waals surface area contributed by atoms with Gasteiger partial charge in [0.1, 0.15) is 0 Å². The number of carbonyl (C=O) groups is 2. The lowest BCUT2D eigenvalue weighted by molar-refractivity contribution is -0.596. The molecule has 0 radical (unpaired) electrons. The topological polar surface area (TPSA) is 61.2 Å². The number of halogens is 1. The van der Waals surface area contributed by atoms with Crippen LogP contribution < -0.4 is 10.7 Å². The minimum atomic E-state index is -0.772. The summed E-state index contributed by atoms with van der Waals surface area (Å²) in [6.07, 6.45) is 1.89. The van der Waals surface area contributed by atoms with Gasteiger partial charge in [0.05, 0.1) is 0 Å². The van der Waals surface area contributed by atoms with Gasteiger partial charge in [-0.05, 0) is 54.8 Å². The average molecular weight is 461 g/mol. The summed E-state index contributed by atoms with van der Waals surface area (Å²) in [5, 5.41) is 3.53. The molecule has 0 saturated carbocycles. The van der Waals surface area contributed by atoms with E-state index in [0.717, 1.165) is 16.7 Å². The van der Waals surface area contributed by atoms with Crippen molar-refractivity contribution in [1.29, 1.82) is 0 Å². The molecule has 0 bridgehead atoms. The second-order valence-corrected chi connectivity index (χ2v) is 9.08. The van der Waals surface area contributed by atoms with Crippen LogP contribution in [0, 0.1) is 6.92 Å². The van der Waals surface area contributed by atoms with E-state index in [1.54, 1.807) is 28.9 Å². The van der Waals surface area contributed by atoms with Crippen LogP contribution in [0.3, 0.4) is 0 Å². The van der Waals surface area contributed by atoms with Crippen molar-refractivity contribution in [3.8, 4) is 0 Å². The second-order valence-electron chi connectivity index (χ2n) is 8.65. The van der Waals surface area contributed by atoms with Gasteiger partial charge in [-0.2, -0.15) is 0 Å². The molecule has 0 spiro atoms. The van der Waals surface area contributed by atoms with Crippen molar-refractivity contribution in [1.82, 2.24) is 10.7 Å². The van der Waals surface area contributed by atoms with Gasteiger partial charge in [-0.1, -0.05) is 67.4 Å². The highest BCUT2D eigenvalue weighted by Gasteiger charge is 2.47.